The lowest BCUT2D eigenvalue weighted by atomic mass is 9.93. The molecule has 1 fully saturated rings. The second-order valence-corrected chi connectivity index (χ2v) is 6.77. The van der Waals surface area contributed by atoms with Gasteiger partial charge in [0, 0.05) is 31.8 Å². The minimum atomic E-state index is -0.111. The minimum Gasteiger partial charge on any atom is -0.497 e. The zero-order valence-corrected chi connectivity index (χ0v) is 15.6. The molecule has 146 valence electrons. The van der Waals surface area contributed by atoms with Crippen LogP contribution in [0, 0.1) is 5.92 Å². The molecule has 1 saturated heterocycles. The number of likely N-dealkylation sites (tertiary alicyclic amines) is 1. The fourth-order valence-electron chi connectivity index (χ4n) is 3.35. The summed E-state index contributed by atoms with van der Waals surface area (Å²) in [5.41, 5.74) is 0.307. The molecular formula is C20H26N2O5. The highest BCUT2D eigenvalue weighted by Gasteiger charge is 2.26. The number of amides is 1. The molecule has 0 unspecified atom stereocenters. The van der Waals surface area contributed by atoms with E-state index in [2.05, 4.69) is 5.16 Å². The summed E-state index contributed by atoms with van der Waals surface area (Å²) < 4.78 is 16.1. The summed E-state index contributed by atoms with van der Waals surface area (Å²) in [6.45, 7) is 1.83. The van der Waals surface area contributed by atoms with Gasteiger partial charge in [-0.15, -0.1) is 0 Å². The maximum absolute atomic E-state index is 12.7. The first-order valence-electron chi connectivity index (χ1n) is 9.32. The van der Waals surface area contributed by atoms with E-state index in [0.717, 1.165) is 32.2 Å². The number of rotatable bonds is 8. The Kier molecular flexibility index (Phi) is 6.70. The second-order valence-electron chi connectivity index (χ2n) is 6.77. The summed E-state index contributed by atoms with van der Waals surface area (Å²) in [7, 11) is 1.60. The lowest BCUT2D eigenvalue weighted by Crippen LogP contribution is -2.40. The SMILES string of the molecule is COc1cccc(OCc2cc(C(=O)N3CCC[C@H](CCCO)C3)no2)c1. The summed E-state index contributed by atoms with van der Waals surface area (Å²) in [6.07, 6.45) is 3.80. The Balaban J connectivity index is 1.55. The van der Waals surface area contributed by atoms with Crippen LogP contribution in [0.3, 0.4) is 0 Å². The Hall–Kier alpha value is -2.54. The van der Waals surface area contributed by atoms with Crippen molar-refractivity contribution in [2.24, 2.45) is 5.92 Å². The van der Waals surface area contributed by atoms with Crippen LogP contribution in [0.4, 0.5) is 0 Å². The van der Waals surface area contributed by atoms with Crippen LogP contribution in [0.15, 0.2) is 34.9 Å². The number of benzene rings is 1. The predicted octanol–water partition coefficient (Wildman–Crippen LogP) is 2.89. The quantitative estimate of drug-likeness (QED) is 0.765. The van der Waals surface area contributed by atoms with Crippen molar-refractivity contribution in [2.75, 3.05) is 26.8 Å². The number of aliphatic hydroxyl groups is 1. The van der Waals surface area contributed by atoms with Crippen molar-refractivity contribution in [1.29, 1.82) is 0 Å². The fourth-order valence-corrected chi connectivity index (χ4v) is 3.35. The standard InChI is InChI=1S/C20H26N2O5/c1-25-16-7-2-8-17(11-16)26-14-18-12-19(21-27-18)20(24)22-9-3-5-15(13-22)6-4-10-23/h2,7-8,11-12,15,23H,3-6,9-10,13-14H2,1H3/t15-/m1/s1. The number of methoxy groups -OCH3 is 1. The molecule has 0 saturated carbocycles. The van der Waals surface area contributed by atoms with Gasteiger partial charge in [0.2, 0.25) is 0 Å². The number of piperidine rings is 1. The van der Waals surface area contributed by atoms with Gasteiger partial charge in [-0.3, -0.25) is 4.79 Å². The molecule has 0 bridgehead atoms. The van der Waals surface area contributed by atoms with E-state index < -0.39 is 0 Å². The molecular weight excluding hydrogens is 348 g/mol. The number of hydrogen-bond acceptors (Lipinski definition) is 6. The van der Waals surface area contributed by atoms with Gasteiger partial charge in [-0.2, -0.15) is 0 Å². The molecule has 27 heavy (non-hydrogen) atoms. The highest BCUT2D eigenvalue weighted by atomic mass is 16.5. The normalized spacial score (nSPS) is 17.0. The van der Waals surface area contributed by atoms with Crippen molar-refractivity contribution in [3.8, 4) is 11.5 Å². The van der Waals surface area contributed by atoms with Crippen LogP contribution in [0.25, 0.3) is 0 Å². The largest absolute Gasteiger partial charge is 0.497 e. The molecule has 1 N–H and O–H groups in total. The maximum Gasteiger partial charge on any atom is 0.276 e. The summed E-state index contributed by atoms with van der Waals surface area (Å²) in [4.78, 5) is 14.5. The van der Waals surface area contributed by atoms with Crippen LogP contribution in [-0.4, -0.2) is 47.9 Å². The molecule has 2 aromatic rings. The van der Waals surface area contributed by atoms with Gasteiger partial charge in [0.25, 0.3) is 5.91 Å². The molecule has 1 aliphatic rings. The van der Waals surface area contributed by atoms with Gasteiger partial charge in [0.05, 0.1) is 7.11 Å². The Morgan fingerprint density at radius 1 is 1.37 bits per heavy atom. The molecule has 0 spiro atoms. The number of carbonyl (C=O) groups is 1. The summed E-state index contributed by atoms with van der Waals surface area (Å²) >= 11 is 0. The van der Waals surface area contributed by atoms with E-state index in [9.17, 15) is 4.79 Å². The Bertz CT molecular complexity index is 745. The smallest absolute Gasteiger partial charge is 0.276 e. The highest BCUT2D eigenvalue weighted by molar-refractivity contribution is 5.92. The topological polar surface area (TPSA) is 85.0 Å². The summed E-state index contributed by atoms with van der Waals surface area (Å²) in [6, 6.07) is 8.92. The van der Waals surface area contributed by atoms with Crippen LogP contribution >= 0.6 is 0 Å². The number of ether oxygens (including phenoxy) is 2. The Labute approximate surface area is 158 Å². The number of carbonyl (C=O) groups excluding carboxylic acids is 1. The van der Waals surface area contributed by atoms with Crippen LogP contribution in [0.2, 0.25) is 0 Å². The summed E-state index contributed by atoms with van der Waals surface area (Å²) in [5.74, 6) is 2.19. The Morgan fingerprint density at radius 2 is 2.22 bits per heavy atom. The lowest BCUT2D eigenvalue weighted by Gasteiger charge is -2.32. The molecule has 7 nitrogen and oxygen atoms in total. The minimum absolute atomic E-state index is 0.111. The molecule has 1 aromatic carbocycles. The van der Waals surface area contributed by atoms with E-state index in [-0.39, 0.29) is 19.1 Å². The molecule has 2 heterocycles. The van der Waals surface area contributed by atoms with E-state index in [1.807, 2.05) is 23.1 Å². The van der Waals surface area contributed by atoms with Crippen LogP contribution in [0.1, 0.15) is 41.9 Å². The first kappa shape index (κ1) is 19.2. The van der Waals surface area contributed by atoms with Crippen LogP contribution in [0.5, 0.6) is 11.5 Å². The van der Waals surface area contributed by atoms with Gasteiger partial charge in [-0.25, -0.2) is 0 Å². The summed E-state index contributed by atoms with van der Waals surface area (Å²) in [5, 5.41) is 12.9. The Morgan fingerprint density at radius 3 is 3.04 bits per heavy atom. The second kappa shape index (κ2) is 9.41. The van der Waals surface area contributed by atoms with E-state index in [1.165, 1.54) is 0 Å². The molecule has 0 aliphatic carbocycles. The third kappa shape index (κ3) is 5.23. The van der Waals surface area contributed by atoms with Gasteiger partial charge in [0.1, 0.15) is 18.1 Å². The molecule has 0 radical (unpaired) electrons. The van der Waals surface area contributed by atoms with Crippen molar-refractivity contribution in [2.45, 2.75) is 32.3 Å². The third-order valence-electron chi connectivity index (χ3n) is 4.78. The molecule has 1 atom stereocenters. The number of hydrogen-bond donors (Lipinski definition) is 1. The number of nitrogens with zero attached hydrogens (tertiary/aromatic N) is 2. The van der Waals surface area contributed by atoms with E-state index >= 15 is 0 Å². The fraction of sp³-hybridized carbons (Fsp3) is 0.500. The first-order valence-corrected chi connectivity index (χ1v) is 9.32. The molecule has 7 heteroatoms. The predicted molar refractivity (Wildman–Crippen MR) is 98.8 cm³/mol. The average molecular weight is 374 g/mol. The van der Waals surface area contributed by atoms with Crippen molar-refractivity contribution >= 4 is 5.91 Å². The van der Waals surface area contributed by atoms with E-state index in [1.54, 1.807) is 19.2 Å². The highest BCUT2D eigenvalue weighted by Crippen LogP contribution is 2.23. The first-order chi connectivity index (χ1) is 13.2. The van der Waals surface area contributed by atoms with Crippen molar-refractivity contribution < 1.29 is 23.9 Å². The van der Waals surface area contributed by atoms with Crippen molar-refractivity contribution in [1.82, 2.24) is 10.1 Å². The van der Waals surface area contributed by atoms with Gasteiger partial charge < -0.3 is 24.0 Å². The third-order valence-corrected chi connectivity index (χ3v) is 4.78. The zero-order valence-electron chi connectivity index (χ0n) is 15.6. The number of aromatic nitrogens is 1. The van der Waals surface area contributed by atoms with Gasteiger partial charge in [0.15, 0.2) is 11.5 Å². The lowest BCUT2D eigenvalue weighted by molar-refractivity contribution is 0.0653. The van der Waals surface area contributed by atoms with Gasteiger partial charge >= 0.3 is 0 Å². The number of aliphatic hydroxyl groups excluding tert-OH is 1. The van der Waals surface area contributed by atoms with Crippen molar-refractivity contribution in [3.63, 3.8) is 0 Å². The molecule has 1 aliphatic heterocycles. The van der Waals surface area contributed by atoms with Gasteiger partial charge in [-0.1, -0.05) is 11.2 Å². The van der Waals surface area contributed by atoms with Crippen molar-refractivity contribution in [3.05, 3.63) is 41.8 Å². The average Bonchev–Trinajstić information content (AvgIpc) is 3.19. The molecule has 3 rings (SSSR count). The van der Waals surface area contributed by atoms with E-state index in [0.29, 0.717) is 35.4 Å². The maximum atomic E-state index is 12.7. The monoisotopic (exact) mass is 374 g/mol. The molecule has 1 aromatic heterocycles. The van der Waals surface area contributed by atoms with E-state index in [4.69, 9.17) is 19.1 Å². The van der Waals surface area contributed by atoms with Crippen LogP contribution < -0.4 is 9.47 Å². The van der Waals surface area contributed by atoms with Crippen LogP contribution in [-0.2, 0) is 6.61 Å². The zero-order chi connectivity index (χ0) is 19.1. The van der Waals surface area contributed by atoms with Gasteiger partial charge in [-0.05, 0) is 43.7 Å². The molecule has 1 amide bonds.